The van der Waals surface area contributed by atoms with Gasteiger partial charge in [-0.25, -0.2) is 0 Å². The van der Waals surface area contributed by atoms with Crippen molar-refractivity contribution in [1.29, 1.82) is 0 Å². The van der Waals surface area contributed by atoms with E-state index in [-0.39, 0.29) is 0 Å². The molecule has 3 rings (SSSR count). The van der Waals surface area contributed by atoms with Gasteiger partial charge in [-0.3, -0.25) is 9.59 Å². The highest BCUT2D eigenvalue weighted by molar-refractivity contribution is 5.97. The number of fused-ring (bicyclic) bond motifs is 3. The molecule has 0 radical (unpaired) electrons. The van der Waals surface area contributed by atoms with E-state index in [2.05, 4.69) is 0 Å². The van der Waals surface area contributed by atoms with Crippen molar-refractivity contribution in [2.45, 2.75) is 24.9 Å². The number of carbonyl (C=O) groups is 2. The molecule has 5 nitrogen and oxygen atoms in total. The fraction of sp³-hybridized carbons (Fsp3) is 0.429. The first-order valence-corrected chi connectivity index (χ1v) is 6.09. The molecule has 19 heavy (non-hydrogen) atoms. The van der Waals surface area contributed by atoms with Gasteiger partial charge in [-0.05, 0) is 30.2 Å². The minimum absolute atomic E-state index is 0.442. The number of aliphatic carboxylic acids is 1. The number of hydrogen-bond acceptors (Lipinski definition) is 4. The second-order valence-electron chi connectivity index (χ2n) is 5.27. The molecule has 1 fully saturated rings. The molecule has 0 unspecified atom stereocenters. The third-order valence-corrected chi connectivity index (χ3v) is 4.07. The molecule has 1 aliphatic carbocycles. The molecule has 1 aromatic carbocycles. The maximum atomic E-state index is 11.8. The molecule has 0 amide bonds. The first-order valence-electron chi connectivity index (χ1n) is 6.09. The van der Waals surface area contributed by atoms with Crippen molar-refractivity contribution in [2.75, 3.05) is 7.11 Å². The van der Waals surface area contributed by atoms with Crippen molar-refractivity contribution < 1.29 is 24.2 Å². The number of esters is 1. The molecule has 1 N–H and O–H groups in total. The minimum atomic E-state index is -1.13. The van der Waals surface area contributed by atoms with Gasteiger partial charge < -0.3 is 14.6 Å². The standard InChI is InChI=1S/C14H14O5/c1-14-6-7-3-4-8(18-2)5-9(7)11(14)10(12(15)16)13(17)19-14/h3-5,10-11H,6H2,1-2H3,(H,15,16)/t10-,11+,14+/m1/s1. The Labute approximate surface area is 110 Å². The molecule has 0 spiro atoms. The summed E-state index contributed by atoms with van der Waals surface area (Å²) in [6, 6.07) is 5.55. The van der Waals surface area contributed by atoms with Crippen molar-refractivity contribution in [3.63, 3.8) is 0 Å². The van der Waals surface area contributed by atoms with E-state index in [1.54, 1.807) is 14.0 Å². The number of carboxylic acids is 1. The molecule has 3 atom stereocenters. The number of hydrogen-bond donors (Lipinski definition) is 1. The SMILES string of the molecule is COc1ccc2c(c1)[C@H]1[C@H](C(=O)O)C(=O)O[C@@]1(C)C2. The lowest BCUT2D eigenvalue weighted by Gasteiger charge is -2.22. The van der Waals surface area contributed by atoms with Gasteiger partial charge >= 0.3 is 11.9 Å². The Morgan fingerprint density at radius 2 is 2.26 bits per heavy atom. The number of benzene rings is 1. The minimum Gasteiger partial charge on any atom is -0.497 e. The number of ether oxygens (including phenoxy) is 2. The van der Waals surface area contributed by atoms with Crippen molar-refractivity contribution in [3.05, 3.63) is 29.3 Å². The second kappa shape index (κ2) is 3.73. The van der Waals surface area contributed by atoms with Crippen LogP contribution in [0.3, 0.4) is 0 Å². The van der Waals surface area contributed by atoms with Crippen LogP contribution in [-0.4, -0.2) is 29.8 Å². The molecular weight excluding hydrogens is 248 g/mol. The highest BCUT2D eigenvalue weighted by atomic mass is 16.6. The molecule has 1 heterocycles. The van der Waals surface area contributed by atoms with Gasteiger partial charge in [0.2, 0.25) is 0 Å². The molecule has 100 valence electrons. The smallest absolute Gasteiger partial charge is 0.321 e. The zero-order valence-corrected chi connectivity index (χ0v) is 10.7. The van der Waals surface area contributed by atoms with Gasteiger partial charge in [0.15, 0.2) is 5.92 Å². The molecule has 0 saturated carbocycles. The summed E-state index contributed by atoms with van der Waals surface area (Å²) in [6.45, 7) is 1.80. The third-order valence-electron chi connectivity index (χ3n) is 4.07. The normalized spacial score (nSPS) is 31.6. The third kappa shape index (κ3) is 1.54. The summed E-state index contributed by atoms with van der Waals surface area (Å²) >= 11 is 0. The zero-order valence-electron chi connectivity index (χ0n) is 10.7. The van der Waals surface area contributed by atoms with Gasteiger partial charge in [0.25, 0.3) is 0 Å². The summed E-state index contributed by atoms with van der Waals surface area (Å²) < 4.78 is 10.5. The highest BCUT2D eigenvalue weighted by Gasteiger charge is 2.60. The Hall–Kier alpha value is -2.04. The molecule has 1 aliphatic heterocycles. The number of methoxy groups -OCH3 is 1. The van der Waals surface area contributed by atoms with Gasteiger partial charge in [-0.2, -0.15) is 0 Å². The van der Waals surface area contributed by atoms with Crippen LogP contribution in [0.25, 0.3) is 0 Å². The molecule has 5 heteroatoms. The van der Waals surface area contributed by atoms with Crippen LogP contribution in [0.5, 0.6) is 5.75 Å². The van der Waals surface area contributed by atoms with E-state index in [0.717, 1.165) is 11.1 Å². The Morgan fingerprint density at radius 1 is 1.53 bits per heavy atom. The van der Waals surface area contributed by atoms with Crippen LogP contribution in [0, 0.1) is 5.92 Å². The average Bonchev–Trinajstić information content (AvgIpc) is 2.75. The Morgan fingerprint density at radius 3 is 2.89 bits per heavy atom. The zero-order chi connectivity index (χ0) is 13.8. The topological polar surface area (TPSA) is 72.8 Å². The van der Waals surface area contributed by atoms with Crippen LogP contribution in [0.4, 0.5) is 0 Å². The first kappa shape index (κ1) is 12.0. The van der Waals surface area contributed by atoms with Gasteiger partial charge in [-0.1, -0.05) is 6.07 Å². The lowest BCUT2D eigenvalue weighted by molar-refractivity contribution is -0.155. The summed E-state index contributed by atoms with van der Waals surface area (Å²) in [7, 11) is 1.56. The Kier molecular flexibility index (Phi) is 2.36. The van der Waals surface area contributed by atoms with E-state index in [1.165, 1.54) is 0 Å². The van der Waals surface area contributed by atoms with Crippen LogP contribution in [0.1, 0.15) is 24.0 Å². The van der Waals surface area contributed by atoms with E-state index in [1.807, 2.05) is 18.2 Å². The summed E-state index contributed by atoms with van der Waals surface area (Å²) in [5.41, 5.74) is 1.11. The van der Waals surface area contributed by atoms with Crippen molar-refractivity contribution in [3.8, 4) is 5.75 Å². The number of carboxylic acid groups (broad SMARTS) is 1. The maximum Gasteiger partial charge on any atom is 0.321 e. The summed E-state index contributed by atoms with van der Waals surface area (Å²) in [4.78, 5) is 23.1. The number of carbonyl (C=O) groups excluding carboxylic acids is 1. The number of rotatable bonds is 2. The van der Waals surface area contributed by atoms with E-state index in [4.69, 9.17) is 9.47 Å². The van der Waals surface area contributed by atoms with Gasteiger partial charge in [0.05, 0.1) is 7.11 Å². The van der Waals surface area contributed by atoms with Gasteiger partial charge in [0, 0.05) is 12.3 Å². The maximum absolute atomic E-state index is 11.8. The lowest BCUT2D eigenvalue weighted by Crippen LogP contribution is -2.30. The van der Waals surface area contributed by atoms with Crippen LogP contribution < -0.4 is 4.74 Å². The van der Waals surface area contributed by atoms with E-state index < -0.39 is 29.4 Å². The summed E-state index contributed by atoms with van der Waals surface area (Å²) in [6.07, 6.45) is 0.548. The van der Waals surface area contributed by atoms with E-state index in [0.29, 0.717) is 12.2 Å². The monoisotopic (exact) mass is 262 g/mol. The fourth-order valence-corrected chi connectivity index (χ4v) is 3.27. The molecule has 1 aromatic rings. The second-order valence-corrected chi connectivity index (χ2v) is 5.27. The molecule has 1 saturated heterocycles. The Balaban J connectivity index is 2.13. The van der Waals surface area contributed by atoms with Gasteiger partial charge in [0.1, 0.15) is 11.4 Å². The molecule has 0 bridgehead atoms. The highest BCUT2D eigenvalue weighted by Crippen LogP contribution is 2.53. The quantitative estimate of drug-likeness (QED) is 0.643. The fourth-order valence-electron chi connectivity index (χ4n) is 3.27. The molecule has 2 aliphatic rings. The van der Waals surface area contributed by atoms with Crippen molar-refractivity contribution in [2.24, 2.45) is 5.92 Å². The van der Waals surface area contributed by atoms with Crippen molar-refractivity contribution >= 4 is 11.9 Å². The predicted molar refractivity (Wildman–Crippen MR) is 65.1 cm³/mol. The van der Waals surface area contributed by atoms with Crippen LogP contribution in [0.15, 0.2) is 18.2 Å². The molecule has 0 aromatic heterocycles. The Bertz CT molecular complexity index is 579. The van der Waals surface area contributed by atoms with Crippen LogP contribution in [-0.2, 0) is 20.7 Å². The van der Waals surface area contributed by atoms with Crippen LogP contribution in [0.2, 0.25) is 0 Å². The van der Waals surface area contributed by atoms with Crippen molar-refractivity contribution in [1.82, 2.24) is 0 Å². The van der Waals surface area contributed by atoms with E-state index in [9.17, 15) is 14.7 Å². The lowest BCUT2D eigenvalue weighted by atomic mass is 9.82. The predicted octanol–water partition coefficient (Wildman–Crippen LogP) is 1.35. The average molecular weight is 262 g/mol. The largest absolute Gasteiger partial charge is 0.497 e. The molecular formula is C14H14O5. The van der Waals surface area contributed by atoms with E-state index >= 15 is 0 Å². The first-order chi connectivity index (χ1) is 8.96. The van der Waals surface area contributed by atoms with Crippen LogP contribution >= 0.6 is 0 Å². The summed E-state index contributed by atoms with van der Waals surface area (Å²) in [5, 5.41) is 9.27. The van der Waals surface area contributed by atoms with Gasteiger partial charge in [-0.15, -0.1) is 0 Å². The summed E-state index contributed by atoms with van der Waals surface area (Å²) in [5.74, 6) is -2.68.